The first kappa shape index (κ1) is 15.5. The van der Waals surface area contributed by atoms with Crippen LogP contribution in [0.4, 0.5) is 0 Å². The molecule has 0 aromatic heterocycles. The van der Waals surface area contributed by atoms with Gasteiger partial charge in [0.1, 0.15) is 6.61 Å². The number of carbonyl (C=O) groups excluding carboxylic acids is 1. The third-order valence-corrected chi connectivity index (χ3v) is 3.29. The van der Waals surface area contributed by atoms with E-state index in [2.05, 4.69) is 0 Å². The Bertz CT molecular complexity index is 653. The highest BCUT2D eigenvalue weighted by Gasteiger charge is 2.12. The van der Waals surface area contributed by atoms with Crippen molar-refractivity contribution >= 4 is 29.2 Å². The first-order valence-electron chi connectivity index (χ1n) is 5.97. The van der Waals surface area contributed by atoms with Crippen LogP contribution in [0.1, 0.15) is 15.9 Å². The molecule has 0 saturated carbocycles. The summed E-state index contributed by atoms with van der Waals surface area (Å²) in [5, 5.41) is 11.6. The van der Waals surface area contributed by atoms with Crippen LogP contribution in [-0.2, 0) is 6.61 Å². The Kier molecular flexibility index (Phi) is 4.94. The van der Waals surface area contributed by atoms with Crippen LogP contribution >= 0.6 is 23.2 Å². The third kappa shape index (κ3) is 3.80. The molecule has 21 heavy (non-hydrogen) atoms. The molecule has 0 saturated heterocycles. The van der Waals surface area contributed by atoms with Gasteiger partial charge in [-0.05, 0) is 29.8 Å². The summed E-state index contributed by atoms with van der Waals surface area (Å²) in [6.07, 6.45) is 0. The van der Waals surface area contributed by atoms with Crippen LogP contribution in [0.15, 0.2) is 36.4 Å². The highest BCUT2D eigenvalue weighted by molar-refractivity contribution is 6.32. The number of carbonyl (C=O) groups is 1. The second-order valence-electron chi connectivity index (χ2n) is 4.19. The average Bonchev–Trinajstić information content (AvgIpc) is 2.46. The molecule has 4 nitrogen and oxygen atoms in total. The van der Waals surface area contributed by atoms with E-state index in [0.29, 0.717) is 5.02 Å². The molecule has 0 atom stereocenters. The molecule has 0 heterocycles. The zero-order valence-electron chi connectivity index (χ0n) is 11.1. The molecule has 6 heteroatoms. The quantitative estimate of drug-likeness (QED) is 0.848. The van der Waals surface area contributed by atoms with E-state index in [1.165, 1.54) is 19.2 Å². The van der Waals surface area contributed by atoms with Crippen molar-refractivity contribution in [3.05, 3.63) is 57.6 Å². The van der Waals surface area contributed by atoms with Crippen molar-refractivity contribution in [2.24, 2.45) is 0 Å². The fourth-order valence-corrected chi connectivity index (χ4v) is 2.11. The number of carboxylic acid groups (broad SMARTS) is 1. The first-order valence-corrected chi connectivity index (χ1v) is 6.73. The minimum absolute atomic E-state index is 0.0734. The summed E-state index contributed by atoms with van der Waals surface area (Å²) in [5.41, 5.74) is 0.817. The fourth-order valence-electron chi connectivity index (χ4n) is 1.71. The lowest BCUT2D eigenvalue weighted by molar-refractivity contribution is -0.255. The second-order valence-corrected chi connectivity index (χ2v) is 5.04. The minimum Gasteiger partial charge on any atom is -0.545 e. The lowest BCUT2D eigenvalue weighted by Crippen LogP contribution is -2.22. The molecule has 2 aromatic carbocycles. The molecule has 2 rings (SSSR count). The van der Waals surface area contributed by atoms with Crippen molar-refractivity contribution in [1.29, 1.82) is 0 Å². The van der Waals surface area contributed by atoms with E-state index in [9.17, 15) is 9.90 Å². The average molecular weight is 326 g/mol. The summed E-state index contributed by atoms with van der Waals surface area (Å²) < 4.78 is 10.7. The molecule has 2 aromatic rings. The van der Waals surface area contributed by atoms with Gasteiger partial charge in [-0.3, -0.25) is 0 Å². The van der Waals surface area contributed by atoms with Crippen LogP contribution < -0.4 is 14.6 Å². The molecule has 0 aliphatic rings. The number of methoxy groups -OCH3 is 1. The van der Waals surface area contributed by atoms with Gasteiger partial charge >= 0.3 is 0 Å². The maximum absolute atomic E-state index is 10.9. The lowest BCUT2D eigenvalue weighted by Gasteiger charge is -2.14. The van der Waals surface area contributed by atoms with Gasteiger partial charge in [-0.1, -0.05) is 35.3 Å². The summed E-state index contributed by atoms with van der Waals surface area (Å²) in [5.74, 6) is -0.825. The molecule has 0 N–H and O–H groups in total. The fraction of sp³-hybridized carbons (Fsp3) is 0.133. The van der Waals surface area contributed by atoms with Gasteiger partial charge in [-0.15, -0.1) is 0 Å². The van der Waals surface area contributed by atoms with Crippen LogP contribution in [0, 0.1) is 0 Å². The molecule has 0 bridgehead atoms. The largest absolute Gasteiger partial charge is 0.545 e. The topological polar surface area (TPSA) is 58.6 Å². The van der Waals surface area contributed by atoms with E-state index in [-0.39, 0.29) is 28.7 Å². The van der Waals surface area contributed by atoms with Crippen molar-refractivity contribution in [1.82, 2.24) is 0 Å². The van der Waals surface area contributed by atoms with E-state index in [1.807, 2.05) is 12.1 Å². The number of rotatable bonds is 5. The van der Waals surface area contributed by atoms with Crippen molar-refractivity contribution in [2.45, 2.75) is 6.61 Å². The Morgan fingerprint density at radius 3 is 2.43 bits per heavy atom. The summed E-state index contributed by atoms with van der Waals surface area (Å²) >= 11 is 11.8. The molecule has 0 unspecified atom stereocenters. The Morgan fingerprint density at radius 1 is 1.19 bits per heavy atom. The molecule has 0 spiro atoms. The predicted molar refractivity (Wildman–Crippen MR) is 78.1 cm³/mol. The van der Waals surface area contributed by atoms with Gasteiger partial charge in [0.2, 0.25) is 0 Å². The molecule has 0 aliphatic heterocycles. The van der Waals surface area contributed by atoms with Crippen LogP contribution in [0.5, 0.6) is 11.5 Å². The van der Waals surface area contributed by atoms with Gasteiger partial charge in [-0.2, -0.15) is 0 Å². The standard InChI is InChI=1S/C15H12Cl2O4/c1-20-13-7-10(15(18)19)6-12(17)14(13)21-8-9-2-4-11(16)5-3-9/h2-7H,8H2,1H3,(H,18,19)/p-1. The zero-order valence-corrected chi connectivity index (χ0v) is 12.6. The Labute approximate surface area is 131 Å². The summed E-state index contributed by atoms with van der Waals surface area (Å²) in [7, 11) is 1.40. The maximum Gasteiger partial charge on any atom is 0.180 e. The molecular formula is C15H11Cl2O4-. The van der Waals surface area contributed by atoms with Crippen LogP contribution in [0.2, 0.25) is 10.0 Å². The normalized spacial score (nSPS) is 10.2. The number of aromatic carboxylic acids is 1. The number of hydrogen-bond acceptors (Lipinski definition) is 4. The van der Waals surface area contributed by atoms with E-state index >= 15 is 0 Å². The summed E-state index contributed by atoms with van der Waals surface area (Å²) in [6, 6.07) is 9.70. The van der Waals surface area contributed by atoms with Crippen molar-refractivity contribution in [3.8, 4) is 11.5 Å². The van der Waals surface area contributed by atoms with E-state index in [0.717, 1.165) is 5.56 Å². The van der Waals surface area contributed by atoms with Gasteiger partial charge in [0.15, 0.2) is 11.5 Å². The minimum atomic E-state index is -1.33. The Balaban J connectivity index is 2.23. The predicted octanol–water partition coefficient (Wildman–Crippen LogP) is 2.94. The molecule has 0 aliphatic carbocycles. The zero-order chi connectivity index (χ0) is 15.4. The number of carboxylic acids is 1. The van der Waals surface area contributed by atoms with Gasteiger partial charge in [0, 0.05) is 10.6 Å². The van der Waals surface area contributed by atoms with Gasteiger partial charge in [-0.25, -0.2) is 0 Å². The highest BCUT2D eigenvalue weighted by atomic mass is 35.5. The Hall–Kier alpha value is -1.91. The monoisotopic (exact) mass is 325 g/mol. The van der Waals surface area contributed by atoms with Gasteiger partial charge in [0.05, 0.1) is 18.1 Å². The first-order chi connectivity index (χ1) is 10.0. The summed E-state index contributed by atoms with van der Waals surface area (Å²) in [6.45, 7) is 0.248. The molecule has 110 valence electrons. The van der Waals surface area contributed by atoms with Crippen molar-refractivity contribution < 1.29 is 19.4 Å². The molecule has 0 radical (unpaired) electrons. The molecule has 0 amide bonds. The summed E-state index contributed by atoms with van der Waals surface area (Å²) in [4.78, 5) is 10.9. The van der Waals surface area contributed by atoms with E-state index in [1.54, 1.807) is 12.1 Å². The van der Waals surface area contributed by atoms with Crippen LogP contribution in [0.3, 0.4) is 0 Å². The third-order valence-electron chi connectivity index (χ3n) is 2.76. The van der Waals surface area contributed by atoms with Gasteiger partial charge < -0.3 is 19.4 Å². The lowest BCUT2D eigenvalue weighted by atomic mass is 10.2. The van der Waals surface area contributed by atoms with E-state index < -0.39 is 5.97 Å². The molecular weight excluding hydrogens is 315 g/mol. The van der Waals surface area contributed by atoms with Gasteiger partial charge in [0.25, 0.3) is 0 Å². The van der Waals surface area contributed by atoms with Crippen LogP contribution in [0.25, 0.3) is 0 Å². The van der Waals surface area contributed by atoms with Crippen molar-refractivity contribution in [2.75, 3.05) is 7.11 Å². The Morgan fingerprint density at radius 2 is 1.86 bits per heavy atom. The maximum atomic E-state index is 10.9. The molecule has 0 fully saturated rings. The number of benzene rings is 2. The number of ether oxygens (including phenoxy) is 2. The SMILES string of the molecule is COc1cc(C(=O)[O-])cc(Cl)c1OCc1ccc(Cl)cc1. The van der Waals surface area contributed by atoms with E-state index in [4.69, 9.17) is 32.7 Å². The van der Waals surface area contributed by atoms with Crippen LogP contribution in [-0.4, -0.2) is 13.1 Å². The number of halogens is 2. The highest BCUT2D eigenvalue weighted by Crippen LogP contribution is 2.36. The number of hydrogen-bond donors (Lipinski definition) is 0. The smallest absolute Gasteiger partial charge is 0.180 e. The second kappa shape index (κ2) is 6.70. The van der Waals surface area contributed by atoms with Crippen molar-refractivity contribution in [3.63, 3.8) is 0 Å².